The molecule has 3 rings (SSSR count). The number of carbonyl (C=O) groups is 1. The first kappa shape index (κ1) is 11.8. The van der Waals surface area contributed by atoms with Crippen molar-refractivity contribution < 1.29 is 4.79 Å². The number of hydrogen-bond donors (Lipinski definition) is 1. The molecule has 2 N–H and O–H groups in total. The molecule has 0 amide bonds. The molecule has 0 unspecified atom stereocenters. The third kappa shape index (κ3) is 2.46. The summed E-state index contributed by atoms with van der Waals surface area (Å²) in [5.74, 6) is -0.0425. The molecule has 4 nitrogen and oxygen atoms in total. The van der Waals surface area contributed by atoms with E-state index in [2.05, 4.69) is 9.97 Å². The molecule has 19 heavy (non-hydrogen) atoms. The Hall–Kier alpha value is -2.27. The number of ketones is 1. The molecular formula is C14H11N3OS. The number of carbonyl (C=O) groups excluding carboxylic acids is 1. The van der Waals surface area contributed by atoms with Crippen molar-refractivity contribution in [3.05, 3.63) is 53.3 Å². The molecule has 0 aliphatic carbocycles. The molecule has 3 aromatic rings. The maximum absolute atomic E-state index is 12.1. The number of fused-ring (bicyclic) bond motifs is 1. The number of pyridine rings is 1. The predicted molar refractivity (Wildman–Crippen MR) is 76.3 cm³/mol. The fourth-order valence-corrected chi connectivity index (χ4v) is 2.76. The van der Waals surface area contributed by atoms with Gasteiger partial charge in [-0.25, -0.2) is 4.98 Å². The van der Waals surface area contributed by atoms with Gasteiger partial charge in [-0.3, -0.25) is 9.78 Å². The second-order valence-corrected chi connectivity index (χ2v) is 5.27. The number of nitrogen functional groups attached to an aromatic ring is 1. The Morgan fingerprint density at radius 3 is 2.79 bits per heavy atom. The maximum Gasteiger partial charge on any atom is 0.187 e. The standard InChI is InChI=1S/C14H11N3OS/c15-9-5-6-10(16-8-9)12(18)7-14-17-11-3-1-2-4-13(11)19-14/h1-6,8H,7,15H2. The van der Waals surface area contributed by atoms with Crippen molar-refractivity contribution in [3.63, 3.8) is 0 Å². The molecule has 2 heterocycles. The van der Waals surface area contributed by atoms with Crippen LogP contribution >= 0.6 is 11.3 Å². The average molecular weight is 269 g/mol. The summed E-state index contributed by atoms with van der Waals surface area (Å²) < 4.78 is 1.09. The SMILES string of the molecule is Nc1ccc(C(=O)Cc2nc3ccccc3s2)nc1. The van der Waals surface area contributed by atoms with E-state index in [1.54, 1.807) is 12.1 Å². The van der Waals surface area contributed by atoms with Gasteiger partial charge in [-0.1, -0.05) is 12.1 Å². The number of anilines is 1. The van der Waals surface area contributed by atoms with Crippen molar-refractivity contribution in [1.82, 2.24) is 9.97 Å². The number of nitrogens with zero attached hydrogens (tertiary/aromatic N) is 2. The molecule has 94 valence electrons. The lowest BCUT2D eigenvalue weighted by atomic mass is 10.2. The number of benzene rings is 1. The van der Waals surface area contributed by atoms with Crippen molar-refractivity contribution in [3.8, 4) is 0 Å². The van der Waals surface area contributed by atoms with Crippen LogP contribution in [0.2, 0.25) is 0 Å². The van der Waals surface area contributed by atoms with E-state index in [9.17, 15) is 4.79 Å². The Labute approximate surface area is 113 Å². The molecule has 0 saturated heterocycles. The lowest BCUT2D eigenvalue weighted by Gasteiger charge is -1.98. The van der Waals surface area contributed by atoms with Crippen LogP contribution in [0.15, 0.2) is 42.6 Å². The zero-order valence-corrected chi connectivity index (χ0v) is 10.9. The fourth-order valence-electron chi connectivity index (χ4n) is 1.79. The Morgan fingerprint density at radius 2 is 2.05 bits per heavy atom. The molecule has 2 aromatic heterocycles. The molecule has 0 atom stereocenters. The van der Waals surface area contributed by atoms with Gasteiger partial charge in [0.05, 0.1) is 28.5 Å². The van der Waals surface area contributed by atoms with Crippen LogP contribution in [-0.4, -0.2) is 15.8 Å². The molecule has 0 fully saturated rings. The largest absolute Gasteiger partial charge is 0.397 e. The third-order valence-corrected chi connectivity index (χ3v) is 3.76. The van der Waals surface area contributed by atoms with Gasteiger partial charge in [0, 0.05) is 0 Å². The van der Waals surface area contributed by atoms with Crippen LogP contribution in [-0.2, 0) is 6.42 Å². The highest BCUT2D eigenvalue weighted by Crippen LogP contribution is 2.22. The lowest BCUT2D eigenvalue weighted by Crippen LogP contribution is -2.05. The first-order chi connectivity index (χ1) is 9.22. The van der Waals surface area contributed by atoms with Crippen LogP contribution in [0.1, 0.15) is 15.5 Å². The number of aromatic nitrogens is 2. The Bertz CT molecular complexity index is 701. The molecule has 5 heteroatoms. The van der Waals surface area contributed by atoms with E-state index in [0.717, 1.165) is 15.2 Å². The molecule has 0 saturated carbocycles. The quantitative estimate of drug-likeness (QED) is 0.742. The van der Waals surface area contributed by atoms with Gasteiger partial charge in [-0.15, -0.1) is 11.3 Å². The Morgan fingerprint density at radius 1 is 1.21 bits per heavy atom. The van der Waals surface area contributed by atoms with Gasteiger partial charge >= 0.3 is 0 Å². The zero-order valence-electron chi connectivity index (χ0n) is 10.0. The van der Waals surface area contributed by atoms with Gasteiger partial charge in [0.15, 0.2) is 5.78 Å². The molecule has 0 bridgehead atoms. The van der Waals surface area contributed by atoms with E-state index in [-0.39, 0.29) is 12.2 Å². The summed E-state index contributed by atoms with van der Waals surface area (Å²) in [6, 6.07) is 11.2. The second kappa shape index (κ2) is 4.78. The van der Waals surface area contributed by atoms with Crippen LogP contribution in [0.3, 0.4) is 0 Å². The minimum Gasteiger partial charge on any atom is -0.397 e. The smallest absolute Gasteiger partial charge is 0.187 e. The topological polar surface area (TPSA) is 68.9 Å². The van der Waals surface area contributed by atoms with E-state index in [4.69, 9.17) is 5.73 Å². The Balaban J connectivity index is 1.84. The van der Waals surface area contributed by atoms with Gasteiger partial charge in [0.1, 0.15) is 10.7 Å². The number of thiazole rings is 1. The van der Waals surface area contributed by atoms with Crippen molar-refractivity contribution in [1.29, 1.82) is 0 Å². The number of nitrogens with two attached hydrogens (primary N) is 1. The predicted octanol–water partition coefficient (Wildman–Crippen LogP) is 2.70. The van der Waals surface area contributed by atoms with Crippen LogP contribution in [0.4, 0.5) is 5.69 Å². The van der Waals surface area contributed by atoms with Crippen molar-refractivity contribution >= 4 is 33.0 Å². The first-order valence-electron chi connectivity index (χ1n) is 5.81. The van der Waals surface area contributed by atoms with E-state index in [0.29, 0.717) is 11.4 Å². The van der Waals surface area contributed by atoms with Crippen LogP contribution < -0.4 is 5.73 Å². The number of rotatable bonds is 3. The van der Waals surface area contributed by atoms with Gasteiger partial charge in [-0.2, -0.15) is 0 Å². The monoisotopic (exact) mass is 269 g/mol. The van der Waals surface area contributed by atoms with Gasteiger partial charge in [0.25, 0.3) is 0 Å². The van der Waals surface area contributed by atoms with Gasteiger partial charge in [0.2, 0.25) is 0 Å². The third-order valence-electron chi connectivity index (χ3n) is 2.72. The lowest BCUT2D eigenvalue weighted by molar-refractivity contribution is 0.0988. The minimum atomic E-state index is -0.0425. The first-order valence-corrected chi connectivity index (χ1v) is 6.63. The van der Waals surface area contributed by atoms with Gasteiger partial charge in [-0.05, 0) is 24.3 Å². The highest BCUT2D eigenvalue weighted by Gasteiger charge is 2.11. The summed E-state index contributed by atoms with van der Waals surface area (Å²) >= 11 is 1.54. The second-order valence-electron chi connectivity index (χ2n) is 4.15. The summed E-state index contributed by atoms with van der Waals surface area (Å²) in [5, 5.41) is 0.810. The normalized spacial score (nSPS) is 10.7. The summed E-state index contributed by atoms with van der Waals surface area (Å²) in [4.78, 5) is 20.5. The van der Waals surface area contributed by atoms with E-state index >= 15 is 0 Å². The summed E-state index contributed by atoms with van der Waals surface area (Å²) in [7, 11) is 0. The molecule has 0 spiro atoms. The number of hydrogen-bond acceptors (Lipinski definition) is 5. The summed E-state index contributed by atoms with van der Waals surface area (Å²) in [6.45, 7) is 0. The van der Waals surface area contributed by atoms with E-state index < -0.39 is 0 Å². The maximum atomic E-state index is 12.1. The number of para-hydroxylation sites is 1. The van der Waals surface area contributed by atoms with Crippen LogP contribution in [0.25, 0.3) is 10.2 Å². The summed E-state index contributed by atoms with van der Waals surface area (Å²) in [5.41, 5.74) is 7.45. The van der Waals surface area contributed by atoms with Crippen molar-refractivity contribution in [2.75, 3.05) is 5.73 Å². The minimum absolute atomic E-state index is 0.0425. The van der Waals surface area contributed by atoms with E-state index in [1.165, 1.54) is 17.5 Å². The average Bonchev–Trinajstić information content (AvgIpc) is 2.81. The van der Waals surface area contributed by atoms with Crippen LogP contribution in [0.5, 0.6) is 0 Å². The molecule has 0 aliphatic heterocycles. The van der Waals surface area contributed by atoms with E-state index in [1.807, 2.05) is 24.3 Å². The molecular weight excluding hydrogens is 258 g/mol. The highest BCUT2D eigenvalue weighted by molar-refractivity contribution is 7.18. The zero-order chi connectivity index (χ0) is 13.2. The molecule has 1 aromatic carbocycles. The van der Waals surface area contributed by atoms with Gasteiger partial charge < -0.3 is 5.73 Å². The summed E-state index contributed by atoms with van der Waals surface area (Å²) in [6.07, 6.45) is 1.77. The Kier molecular flexibility index (Phi) is 2.97. The highest BCUT2D eigenvalue weighted by atomic mass is 32.1. The van der Waals surface area contributed by atoms with Crippen molar-refractivity contribution in [2.24, 2.45) is 0 Å². The van der Waals surface area contributed by atoms with Crippen molar-refractivity contribution in [2.45, 2.75) is 6.42 Å². The number of Topliss-reactive ketones (excluding diaryl/α,β-unsaturated/α-hetero) is 1. The van der Waals surface area contributed by atoms with Crippen LogP contribution in [0, 0.1) is 0 Å². The fraction of sp³-hybridized carbons (Fsp3) is 0.0714. The molecule has 0 aliphatic rings. The molecule has 0 radical (unpaired) electrons.